The number of hydrogen-bond acceptors (Lipinski definition) is 6. The molecule has 8 heteroatoms. The number of rotatable bonds is 5. The van der Waals surface area contributed by atoms with Gasteiger partial charge in [0.05, 0.1) is 9.40 Å². The third-order valence-corrected chi connectivity index (χ3v) is 2.94. The number of nitrogens with one attached hydrogen (secondary N) is 1. The highest BCUT2D eigenvalue weighted by Crippen LogP contribution is 2.37. The molecule has 1 N–H and O–H groups in total. The van der Waals surface area contributed by atoms with E-state index in [4.69, 9.17) is 4.74 Å². The number of aromatic nitrogens is 2. The van der Waals surface area contributed by atoms with Crippen LogP contribution in [0.4, 0.5) is 11.6 Å². The van der Waals surface area contributed by atoms with Crippen molar-refractivity contribution < 1.29 is 9.66 Å². The Morgan fingerprint density at radius 1 is 1.45 bits per heavy atom. The zero-order chi connectivity index (χ0) is 14.5. The molecule has 0 radical (unpaired) electrons. The van der Waals surface area contributed by atoms with Gasteiger partial charge in [0.25, 0.3) is 0 Å². The molecule has 0 aliphatic carbocycles. The maximum absolute atomic E-state index is 11.0. The van der Waals surface area contributed by atoms with Crippen molar-refractivity contribution in [3.05, 3.63) is 45.0 Å². The minimum absolute atomic E-state index is 0.110. The smallest absolute Gasteiger partial charge is 0.312 e. The second kappa shape index (κ2) is 6.29. The molecule has 0 aliphatic heterocycles. The van der Waals surface area contributed by atoms with E-state index in [0.29, 0.717) is 17.0 Å². The monoisotopic (exact) mass is 338 g/mol. The van der Waals surface area contributed by atoms with Crippen molar-refractivity contribution in [2.45, 2.75) is 6.92 Å². The molecule has 2 aromatic rings. The van der Waals surface area contributed by atoms with Crippen LogP contribution in [0.1, 0.15) is 6.92 Å². The fourth-order valence-corrected chi connectivity index (χ4v) is 1.93. The van der Waals surface area contributed by atoms with Crippen LogP contribution in [0.5, 0.6) is 11.6 Å². The van der Waals surface area contributed by atoms with Crippen molar-refractivity contribution in [3.63, 3.8) is 0 Å². The van der Waals surface area contributed by atoms with Gasteiger partial charge in [-0.3, -0.25) is 10.1 Å². The summed E-state index contributed by atoms with van der Waals surface area (Å²) in [6, 6.07) is 6.13. The Labute approximate surface area is 123 Å². The molecule has 1 aromatic heterocycles. The number of anilines is 1. The maximum Gasteiger partial charge on any atom is 0.312 e. The number of nitro benzene ring substituents is 1. The Morgan fingerprint density at radius 2 is 2.25 bits per heavy atom. The summed E-state index contributed by atoms with van der Waals surface area (Å²) in [6.07, 6.45) is 1.52. The average Bonchev–Trinajstić information content (AvgIpc) is 2.41. The summed E-state index contributed by atoms with van der Waals surface area (Å²) in [5.41, 5.74) is -0.136. The van der Waals surface area contributed by atoms with Gasteiger partial charge in [-0.15, -0.1) is 0 Å². The minimum Gasteiger partial charge on any atom is -0.430 e. The first-order valence-corrected chi connectivity index (χ1v) is 6.58. The summed E-state index contributed by atoms with van der Waals surface area (Å²) in [5.74, 6) is 0.740. The molecule has 2 rings (SSSR count). The first-order valence-electron chi connectivity index (χ1n) is 5.79. The van der Waals surface area contributed by atoms with E-state index in [2.05, 4.69) is 31.2 Å². The van der Waals surface area contributed by atoms with Crippen LogP contribution in [0, 0.1) is 10.1 Å². The molecule has 0 spiro atoms. The summed E-state index contributed by atoms with van der Waals surface area (Å²) in [4.78, 5) is 18.6. The molecule has 0 amide bonds. The summed E-state index contributed by atoms with van der Waals surface area (Å²) in [7, 11) is 0. The molecule has 1 aromatic carbocycles. The molecule has 0 unspecified atom stereocenters. The third-order valence-electron chi connectivity index (χ3n) is 2.31. The van der Waals surface area contributed by atoms with Crippen LogP contribution in [0.3, 0.4) is 0 Å². The van der Waals surface area contributed by atoms with E-state index in [1.54, 1.807) is 12.1 Å². The highest BCUT2D eigenvalue weighted by molar-refractivity contribution is 9.10. The number of nitro groups is 1. The first-order chi connectivity index (χ1) is 9.61. The normalized spacial score (nSPS) is 10.1. The van der Waals surface area contributed by atoms with Crippen molar-refractivity contribution in [2.75, 3.05) is 11.9 Å². The van der Waals surface area contributed by atoms with Crippen LogP contribution in [-0.4, -0.2) is 21.4 Å². The minimum atomic E-state index is -0.507. The van der Waals surface area contributed by atoms with E-state index >= 15 is 0 Å². The number of nitrogens with zero attached hydrogens (tertiary/aromatic N) is 3. The standard InChI is InChI=1S/C12H11BrN4O3/c1-2-14-12-15-7-6-10(16-12)20-11-8(13)4-3-5-9(11)17(18)19/h3-7H,2H2,1H3,(H,14,15,16). The molecule has 0 fully saturated rings. The quantitative estimate of drug-likeness (QED) is 0.663. The van der Waals surface area contributed by atoms with Gasteiger partial charge < -0.3 is 10.1 Å². The summed E-state index contributed by atoms with van der Waals surface area (Å²) >= 11 is 3.23. The Hall–Kier alpha value is -2.22. The van der Waals surface area contributed by atoms with E-state index in [1.807, 2.05) is 6.92 Å². The van der Waals surface area contributed by atoms with Gasteiger partial charge in [-0.05, 0) is 28.9 Å². The Kier molecular flexibility index (Phi) is 4.46. The van der Waals surface area contributed by atoms with E-state index in [-0.39, 0.29) is 17.3 Å². The Balaban J connectivity index is 2.34. The van der Waals surface area contributed by atoms with E-state index < -0.39 is 4.92 Å². The largest absolute Gasteiger partial charge is 0.430 e. The van der Waals surface area contributed by atoms with Gasteiger partial charge in [-0.1, -0.05) is 6.07 Å². The van der Waals surface area contributed by atoms with Gasteiger partial charge in [0.2, 0.25) is 17.6 Å². The molecule has 0 atom stereocenters. The average molecular weight is 339 g/mol. The number of para-hydroxylation sites is 1. The molecule has 0 bridgehead atoms. The van der Waals surface area contributed by atoms with E-state index in [0.717, 1.165) is 0 Å². The number of hydrogen-bond donors (Lipinski definition) is 1. The Morgan fingerprint density at radius 3 is 2.95 bits per heavy atom. The van der Waals surface area contributed by atoms with Gasteiger partial charge in [-0.25, -0.2) is 4.98 Å². The highest BCUT2D eigenvalue weighted by atomic mass is 79.9. The van der Waals surface area contributed by atoms with Crippen molar-refractivity contribution in [1.82, 2.24) is 9.97 Å². The molecule has 20 heavy (non-hydrogen) atoms. The zero-order valence-corrected chi connectivity index (χ0v) is 12.1. The predicted molar refractivity (Wildman–Crippen MR) is 77.1 cm³/mol. The Bertz CT molecular complexity index is 636. The van der Waals surface area contributed by atoms with E-state index in [1.165, 1.54) is 18.3 Å². The molecule has 7 nitrogen and oxygen atoms in total. The van der Waals surface area contributed by atoms with Crippen molar-refractivity contribution >= 4 is 27.6 Å². The molecule has 0 saturated carbocycles. The number of benzene rings is 1. The van der Waals surface area contributed by atoms with Gasteiger partial charge in [0.15, 0.2) is 0 Å². The second-order valence-electron chi connectivity index (χ2n) is 3.70. The molecular formula is C12H11BrN4O3. The van der Waals surface area contributed by atoms with E-state index in [9.17, 15) is 10.1 Å². The summed E-state index contributed by atoms with van der Waals surface area (Å²) in [5, 5.41) is 13.9. The van der Waals surface area contributed by atoms with Crippen molar-refractivity contribution in [3.8, 4) is 11.6 Å². The van der Waals surface area contributed by atoms with Crippen LogP contribution in [0.15, 0.2) is 34.9 Å². The van der Waals surface area contributed by atoms with Crippen molar-refractivity contribution in [2.24, 2.45) is 0 Å². The van der Waals surface area contributed by atoms with Gasteiger partial charge >= 0.3 is 5.69 Å². The molecule has 104 valence electrons. The molecule has 0 aliphatic rings. The molecule has 1 heterocycles. The lowest BCUT2D eigenvalue weighted by Gasteiger charge is -2.08. The lowest BCUT2D eigenvalue weighted by atomic mass is 10.3. The van der Waals surface area contributed by atoms with Gasteiger partial charge in [0.1, 0.15) is 0 Å². The first kappa shape index (κ1) is 14.2. The summed E-state index contributed by atoms with van der Waals surface area (Å²) < 4.78 is 5.99. The van der Waals surface area contributed by atoms with Crippen LogP contribution in [0.2, 0.25) is 0 Å². The maximum atomic E-state index is 11.0. The SMILES string of the molecule is CCNc1nccc(Oc2c(Br)cccc2[N+](=O)[O-])n1. The number of ether oxygens (including phenoxy) is 1. The lowest BCUT2D eigenvalue weighted by molar-refractivity contribution is -0.385. The molecular weight excluding hydrogens is 328 g/mol. The van der Waals surface area contributed by atoms with Crippen LogP contribution >= 0.6 is 15.9 Å². The summed E-state index contributed by atoms with van der Waals surface area (Å²) in [6.45, 7) is 2.58. The predicted octanol–water partition coefficient (Wildman–Crippen LogP) is 3.37. The zero-order valence-electron chi connectivity index (χ0n) is 10.5. The highest BCUT2D eigenvalue weighted by Gasteiger charge is 2.19. The van der Waals surface area contributed by atoms with Crippen molar-refractivity contribution in [1.29, 1.82) is 0 Å². The molecule has 0 saturated heterocycles. The third kappa shape index (κ3) is 3.21. The number of halogens is 1. The van der Waals surface area contributed by atoms with Crippen LogP contribution < -0.4 is 10.1 Å². The van der Waals surface area contributed by atoms with Gasteiger partial charge in [0, 0.05) is 24.9 Å². The van der Waals surface area contributed by atoms with Gasteiger partial charge in [-0.2, -0.15) is 4.98 Å². The fourth-order valence-electron chi connectivity index (χ4n) is 1.49. The topological polar surface area (TPSA) is 90.2 Å². The lowest BCUT2D eigenvalue weighted by Crippen LogP contribution is -2.02. The van der Waals surface area contributed by atoms with Crippen LogP contribution in [0.25, 0.3) is 0 Å². The second-order valence-corrected chi connectivity index (χ2v) is 4.55. The fraction of sp³-hybridized carbons (Fsp3) is 0.167. The van der Waals surface area contributed by atoms with Crippen LogP contribution in [-0.2, 0) is 0 Å².